The SMILES string of the molecule is CC/C=C\C/C=C\C/C=C\C/C=C\C/C=C\C/C=C\C/C=C\C/C=C\CCCCC(=O)OCC(COC(=O)CCCCCCCCCC)OC(=O)CCCCCCCCCCCC. The fourth-order valence-corrected chi connectivity index (χ4v) is 6.75. The van der Waals surface area contributed by atoms with Gasteiger partial charge in [0.05, 0.1) is 0 Å². The van der Waals surface area contributed by atoms with Gasteiger partial charge in [-0.25, -0.2) is 0 Å². The van der Waals surface area contributed by atoms with Crippen LogP contribution < -0.4 is 0 Å². The Morgan fingerprint density at radius 3 is 0.968 bits per heavy atom. The van der Waals surface area contributed by atoms with E-state index in [4.69, 9.17) is 14.2 Å². The summed E-state index contributed by atoms with van der Waals surface area (Å²) in [4.78, 5) is 37.7. The number of rotatable bonds is 45. The number of hydrogen-bond donors (Lipinski definition) is 0. The maximum Gasteiger partial charge on any atom is 0.306 e. The minimum Gasteiger partial charge on any atom is -0.462 e. The van der Waals surface area contributed by atoms with Crippen molar-refractivity contribution in [2.75, 3.05) is 13.2 Å². The van der Waals surface area contributed by atoms with Crippen molar-refractivity contribution in [2.45, 2.75) is 232 Å². The van der Waals surface area contributed by atoms with Crippen molar-refractivity contribution < 1.29 is 28.6 Å². The highest BCUT2D eigenvalue weighted by Gasteiger charge is 2.19. The molecule has 0 amide bonds. The third kappa shape index (κ3) is 49.2. The van der Waals surface area contributed by atoms with Crippen molar-refractivity contribution in [2.24, 2.45) is 0 Å². The Morgan fingerprint density at radius 1 is 0.333 bits per heavy atom. The lowest BCUT2D eigenvalue weighted by Crippen LogP contribution is -2.30. The summed E-state index contributed by atoms with van der Waals surface area (Å²) in [5.41, 5.74) is 0. The Balaban J connectivity index is 4.29. The normalized spacial score (nSPS) is 12.9. The lowest BCUT2D eigenvalue weighted by molar-refractivity contribution is -0.167. The average molecular weight is 875 g/mol. The zero-order chi connectivity index (χ0) is 45.8. The molecule has 0 rings (SSSR count). The molecule has 0 saturated heterocycles. The second-order valence-electron chi connectivity index (χ2n) is 16.7. The minimum atomic E-state index is -0.789. The van der Waals surface area contributed by atoms with Crippen molar-refractivity contribution in [1.29, 1.82) is 0 Å². The van der Waals surface area contributed by atoms with Gasteiger partial charge >= 0.3 is 17.9 Å². The molecule has 358 valence electrons. The van der Waals surface area contributed by atoms with Crippen LogP contribution in [0.4, 0.5) is 0 Å². The molecule has 0 N–H and O–H groups in total. The standard InChI is InChI=1S/C57H94O6/c1-4-7-10-13-16-19-21-22-23-24-25-26-27-28-29-30-31-32-33-34-35-36-37-39-41-44-47-50-56(59)62-53-54(52-61-55(58)49-46-43-40-18-15-12-9-6-3)63-57(60)51-48-45-42-38-20-17-14-11-8-5-2/h7,10,16,19,22-23,25-26,28-29,31-32,34-35,37,39,54H,4-6,8-9,11-15,17-18,20-21,24,27,30,33,36,38,40-53H2,1-3H3/b10-7-,19-16-,23-22-,26-25-,29-28-,32-31-,35-34-,39-37-. The highest BCUT2D eigenvalue weighted by Crippen LogP contribution is 2.14. The predicted octanol–water partition coefficient (Wildman–Crippen LogP) is 17.0. The van der Waals surface area contributed by atoms with E-state index in [9.17, 15) is 14.4 Å². The van der Waals surface area contributed by atoms with E-state index >= 15 is 0 Å². The third-order valence-corrected chi connectivity index (χ3v) is 10.6. The third-order valence-electron chi connectivity index (χ3n) is 10.6. The first-order valence-corrected chi connectivity index (χ1v) is 25.7. The van der Waals surface area contributed by atoms with Crippen molar-refractivity contribution in [1.82, 2.24) is 0 Å². The summed E-state index contributed by atoms with van der Waals surface area (Å²) in [5, 5.41) is 0. The second-order valence-corrected chi connectivity index (χ2v) is 16.7. The van der Waals surface area contributed by atoms with Gasteiger partial charge < -0.3 is 14.2 Å². The monoisotopic (exact) mass is 875 g/mol. The molecule has 0 radical (unpaired) electrons. The van der Waals surface area contributed by atoms with Gasteiger partial charge in [0.2, 0.25) is 0 Å². The maximum atomic E-state index is 12.7. The highest BCUT2D eigenvalue weighted by atomic mass is 16.6. The number of carbonyl (C=O) groups excluding carboxylic acids is 3. The van der Waals surface area contributed by atoms with E-state index in [1.54, 1.807) is 0 Å². The van der Waals surface area contributed by atoms with Crippen LogP contribution in [-0.4, -0.2) is 37.2 Å². The summed E-state index contributed by atoms with van der Waals surface area (Å²) in [7, 11) is 0. The van der Waals surface area contributed by atoms with Gasteiger partial charge in [-0.3, -0.25) is 14.4 Å². The van der Waals surface area contributed by atoms with Gasteiger partial charge in [-0.05, 0) is 83.5 Å². The Morgan fingerprint density at radius 2 is 0.619 bits per heavy atom. The van der Waals surface area contributed by atoms with E-state index in [1.807, 2.05) is 0 Å². The summed E-state index contributed by atoms with van der Waals surface area (Å²) in [6, 6.07) is 0. The first kappa shape index (κ1) is 59.3. The zero-order valence-electron chi connectivity index (χ0n) is 40.8. The molecule has 63 heavy (non-hydrogen) atoms. The summed E-state index contributed by atoms with van der Waals surface area (Å²) in [6.45, 7) is 6.43. The van der Waals surface area contributed by atoms with Crippen molar-refractivity contribution in [3.05, 3.63) is 97.2 Å². The largest absolute Gasteiger partial charge is 0.462 e. The Bertz CT molecular complexity index is 1280. The van der Waals surface area contributed by atoms with E-state index in [0.717, 1.165) is 109 Å². The molecule has 6 nitrogen and oxygen atoms in total. The fourth-order valence-electron chi connectivity index (χ4n) is 6.75. The number of ether oxygens (including phenoxy) is 3. The molecule has 1 atom stereocenters. The van der Waals surface area contributed by atoms with E-state index in [1.165, 1.54) is 77.0 Å². The zero-order valence-corrected chi connectivity index (χ0v) is 40.8. The van der Waals surface area contributed by atoms with Crippen LogP contribution in [0.5, 0.6) is 0 Å². The number of esters is 3. The Labute approximate surface area is 387 Å². The minimum absolute atomic E-state index is 0.0897. The van der Waals surface area contributed by atoms with Crippen molar-refractivity contribution in [3.8, 4) is 0 Å². The van der Waals surface area contributed by atoms with Gasteiger partial charge in [0.25, 0.3) is 0 Å². The van der Waals surface area contributed by atoms with Gasteiger partial charge in [-0.15, -0.1) is 0 Å². The van der Waals surface area contributed by atoms with Gasteiger partial charge in [0.15, 0.2) is 6.10 Å². The predicted molar refractivity (Wildman–Crippen MR) is 270 cm³/mol. The summed E-state index contributed by atoms with van der Waals surface area (Å²) < 4.78 is 16.7. The van der Waals surface area contributed by atoms with E-state index < -0.39 is 6.10 Å². The van der Waals surface area contributed by atoms with E-state index in [0.29, 0.717) is 19.3 Å². The molecule has 0 bridgehead atoms. The lowest BCUT2D eigenvalue weighted by atomic mass is 10.1. The van der Waals surface area contributed by atoms with Gasteiger partial charge in [-0.2, -0.15) is 0 Å². The summed E-state index contributed by atoms with van der Waals surface area (Å²) in [5.74, 6) is -0.945. The molecule has 0 heterocycles. The lowest BCUT2D eigenvalue weighted by Gasteiger charge is -2.18. The topological polar surface area (TPSA) is 78.9 Å². The smallest absolute Gasteiger partial charge is 0.306 e. The molecule has 6 heteroatoms. The first-order chi connectivity index (χ1) is 31.0. The van der Waals surface area contributed by atoms with Crippen molar-refractivity contribution in [3.63, 3.8) is 0 Å². The average Bonchev–Trinajstić information content (AvgIpc) is 3.28. The van der Waals surface area contributed by atoms with Crippen LogP contribution in [-0.2, 0) is 28.6 Å². The molecule has 0 saturated carbocycles. The molecular weight excluding hydrogens is 781 g/mol. The maximum absolute atomic E-state index is 12.7. The fraction of sp³-hybridized carbons (Fsp3) is 0.667. The second kappa shape index (κ2) is 51.0. The molecule has 0 aromatic heterocycles. The molecule has 1 unspecified atom stereocenters. The van der Waals surface area contributed by atoms with E-state index in [-0.39, 0.29) is 31.1 Å². The number of hydrogen-bond acceptors (Lipinski definition) is 6. The quantitative estimate of drug-likeness (QED) is 0.0262. The highest BCUT2D eigenvalue weighted by molar-refractivity contribution is 5.71. The van der Waals surface area contributed by atoms with Crippen LogP contribution in [0.25, 0.3) is 0 Å². The molecule has 0 aromatic carbocycles. The van der Waals surface area contributed by atoms with Crippen LogP contribution in [0.3, 0.4) is 0 Å². The van der Waals surface area contributed by atoms with Gasteiger partial charge in [0, 0.05) is 19.3 Å². The molecule has 0 aliphatic heterocycles. The van der Waals surface area contributed by atoms with Crippen LogP contribution in [0, 0.1) is 0 Å². The number of carbonyl (C=O) groups is 3. The molecule has 0 spiro atoms. The molecule has 0 aliphatic carbocycles. The van der Waals surface area contributed by atoms with Crippen LogP contribution in [0.15, 0.2) is 97.2 Å². The summed E-state index contributed by atoms with van der Waals surface area (Å²) in [6.07, 6.45) is 67.0. The molecule has 0 fully saturated rings. The number of unbranched alkanes of at least 4 members (excludes halogenated alkanes) is 18. The Kier molecular flexibility index (Phi) is 48.0. The van der Waals surface area contributed by atoms with Crippen LogP contribution in [0.1, 0.15) is 226 Å². The number of allylic oxidation sites excluding steroid dienone is 16. The van der Waals surface area contributed by atoms with Crippen LogP contribution in [0.2, 0.25) is 0 Å². The first-order valence-electron chi connectivity index (χ1n) is 25.7. The van der Waals surface area contributed by atoms with Gasteiger partial charge in [-0.1, -0.05) is 221 Å². The molecule has 0 aromatic rings. The summed E-state index contributed by atoms with van der Waals surface area (Å²) >= 11 is 0. The van der Waals surface area contributed by atoms with Crippen molar-refractivity contribution >= 4 is 17.9 Å². The van der Waals surface area contributed by atoms with Crippen LogP contribution >= 0.6 is 0 Å². The molecular formula is C57H94O6. The van der Waals surface area contributed by atoms with Gasteiger partial charge in [0.1, 0.15) is 13.2 Å². The molecule has 0 aliphatic rings. The Hall–Kier alpha value is -3.67. The van der Waals surface area contributed by atoms with E-state index in [2.05, 4.69) is 118 Å².